The zero-order valence-electron chi connectivity index (χ0n) is 11.8. The van der Waals surface area contributed by atoms with Crippen LogP contribution in [0.2, 0.25) is 0 Å². The molecule has 0 saturated carbocycles. The first-order valence-electron chi connectivity index (χ1n) is 6.87. The van der Waals surface area contributed by atoms with Gasteiger partial charge in [0.25, 0.3) is 0 Å². The first-order valence-corrected chi connectivity index (χ1v) is 8.35. The van der Waals surface area contributed by atoms with Gasteiger partial charge in [0.2, 0.25) is 10.0 Å². The average molecular weight is 299 g/mol. The maximum absolute atomic E-state index is 12.4. The van der Waals surface area contributed by atoms with Crippen LogP contribution in [0.1, 0.15) is 26.7 Å². The standard InChI is InChI=1S/C13H21N3O3S/c1-3-14-13-12(7-4-8-15-13)20(17,18)16-10(2)11-6-5-9-19-11/h4,7-8,10-11,16H,3,5-6,9H2,1-2H3,(H,14,15). The second-order valence-corrected chi connectivity index (χ2v) is 6.52. The molecule has 0 aromatic carbocycles. The zero-order valence-corrected chi connectivity index (χ0v) is 12.6. The quantitative estimate of drug-likeness (QED) is 0.829. The molecular weight excluding hydrogens is 278 g/mol. The molecule has 0 aliphatic carbocycles. The summed E-state index contributed by atoms with van der Waals surface area (Å²) in [5, 5.41) is 2.96. The van der Waals surface area contributed by atoms with Crippen LogP contribution in [0.3, 0.4) is 0 Å². The average Bonchev–Trinajstić information content (AvgIpc) is 2.93. The van der Waals surface area contributed by atoms with E-state index in [0.29, 0.717) is 19.0 Å². The summed E-state index contributed by atoms with van der Waals surface area (Å²) in [5.41, 5.74) is 0. The summed E-state index contributed by atoms with van der Waals surface area (Å²) < 4.78 is 33.1. The van der Waals surface area contributed by atoms with Gasteiger partial charge in [0, 0.05) is 25.4 Å². The Labute approximate surface area is 120 Å². The predicted molar refractivity (Wildman–Crippen MR) is 77.2 cm³/mol. The number of nitrogens with zero attached hydrogens (tertiary/aromatic N) is 1. The van der Waals surface area contributed by atoms with Crippen LogP contribution in [-0.2, 0) is 14.8 Å². The molecule has 1 aliphatic heterocycles. The largest absolute Gasteiger partial charge is 0.377 e. The van der Waals surface area contributed by atoms with Crippen LogP contribution < -0.4 is 10.0 Å². The Bertz CT molecular complexity index is 542. The van der Waals surface area contributed by atoms with Gasteiger partial charge in [-0.1, -0.05) is 0 Å². The van der Waals surface area contributed by atoms with Crippen molar-refractivity contribution in [3.05, 3.63) is 18.3 Å². The van der Waals surface area contributed by atoms with E-state index in [4.69, 9.17) is 4.74 Å². The fourth-order valence-electron chi connectivity index (χ4n) is 2.29. The van der Waals surface area contributed by atoms with Crippen LogP contribution in [0.25, 0.3) is 0 Å². The SMILES string of the molecule is CCNc1ncccc1S(=O)(=O)NC(C)C1CCCO1. The molecule has 2 heterocycles. The highest BCUT2D eigenvalue weighted by molar-refractivity contribution is 7.89. The highest BCUT2D eigenvalue weighted by atomic mass is 32.2. The third-order valence-corrected chi connectivity index (χ3v) is 4.86. The van der Waals surface area contributed by atoms with Crippen LogP contribution in [-0.4, -0.2) is 38.7 Å². The highest BCUT2D eigenvalue weighted by Gasteiger charge is 2.28. The minimum Gasteiger partial charge on any atom is -0.377 e. The first kappa shape index (κ1) is 15.2. The molecule has 2 N–H and O–H groups in total. The lowest BCUT2D eigenvalue weighted by Crippen LogP contribution is -2.41. The number of hydrogen-bond acceptors (Lipinski definition) is 5. The van der Waals surface area contributed by atoms with Crippen molar-refractivity contribution in [3.8, 4) is 0 Å². The lowest BCUT2D eigenvalue weighted by atomic mass is 10.1. The summed E-state index contributed by atoms with van der Waals surface area (Å²) in [6.07, 6.45) is 3.38. The van der Waals surface area contributed by atoms with E-state index in [0.717, 1.165) is 12.8 Å². The molecule has 1 aromatic heterocycles. The van der Waals surface area contributed by atoms with Gasteiger partial charge in [-0.25, -0.2) is 18.1 Å². The summed E-state index contributed by atoms with van der Waals surface area (Å²) in [6.45, 7) is 5.04. The molecule has 0 bridgehead atoms. The third-order valence-electron chi connectivity index (χ3n) is 3.27. The fourth-order valence-corrected chi connectivity index (χ4v) is 3.69. The van der Waals surface area contributed by atoms with Gasteiger partial charge >= 0.3 is 0 Å². The van der Waals surface area contributed by atoms with Crippen LogP contribution in [0.5, 0.6) is 0 Å². The van der Waals surface area contributed by atoms with E-state index in [9.17, 15) is 8.42 Å². The van der Waals surface area contributed by atoms with Gasteiger partial charge < -0.3 is 10.1 Å². The van der Waals surface area contributed by atoms with E-state index in [2.05, 4.69) is 15.0 Å². The summed E-state index contributed by atoms with van der Waals surface area (Å²) in [4.78, 5) is 4.25. The van der Waals surface area contributed by atoms with Gasteiger partial charge in [0.1, 0.15) is 10.7 Å². The van der Waals surface area contributed by atoms with Crippen LogP contribution in [0, 0.1) is 0 Å². The van der Waals surface area contributed by atoms with E-state index in [-0.39, 0.29) is 17.0 Å². The molecule has 6 nitrogen and oxygen atoms in total. The normalized spacial score (nSPS) is 20.8. The van der Waals surface area contributed by atoms with Crippen molar-refractivity contribution in [3.63, 3.8) is 0 Å². The molecule has 0 spiro atoms. The zero-order chi connectivity index (χ0) is 14.6. The van der Waals surface area contributed by atoms with Crippen molar-refractivity contribution >= 4 is 15.8 Å². The maximum atomic E-state index is 12.4. The first-order chi connectivity index (χ1) is 9.54. The van der Waals surface area contributed by atoms with E-state index in [1.165, 1.54) is 0 Å². The van der Waals surface area contributed by atoms with E-state index >= 15 is 0 Å². The summed E-state index contributed by atoms with van der Waals surface area (Å²) in [5.74, 6) is 0.377. The Morgan fingerprint density at radius 2 is 2.35 bits per heavy atom. The van der Waals surface area contributed by atoms with Crippen molar-refractivity contribution in [2.75, 3.05) is 18.5 Å². The van der Waals surface area contributed by atoms with Gasteiger partial charge in [-0.05, 0) is 38.8 Å². The molecular formula is C13H21N3O3S. The van der Waals surface area contributed by atoms with Crippen molar-refractivity contribution in [1.82, 2.24) is 9.71 Å². The number of rotatable bonds is 6. The molecule has 1 aromatic rings. The third kappa shape index (κ3) is 3.47. The number of nitrogens with one attached hydrogen (secondary N) is 2. The maximum Gasteiger partial charge on any atom is 0.244 e. The number of ether oxygens (including phenoxy) is 1. The van der Waals surface area contributed by atoms with Gasteiger partial charge in [-0.15, -0.1) is 0 Å². The molecule has 1 aliphatic rings. The minimum absolute atomic E-state index is 0.0518. The summed E-state index contributed by atoms with van der Waals surface area (Å²) in [7, 11) is -3.60. The summed E-state index contributed by atoms with van der Waals surface area (Å²) in [6, 6.07) is 2.92. The van der Waals surface area contributed by atoms with Crippen molar-refractivity contribution < 1.29 is 13.2 Å². The monoisotopic (exact) mass is 299 g/mol. The van der Waals surface area contributed by atoms with E-state index in [1.807, 2.05) is 13.8 Å². The molecule has 20 heavy (non-hydrogen) atoms. The Balaban J connectivity index is 2.17. The van der Waals surface area contributed by atoms with Gasteiger partial charge in [-0.3, -0.25) is 0 Å². The summed E-state index contributed by atoms with van der Waals surface area (Å²) >= 11 is 0. The lowest BCUT2D eigenvalue weighted by Gasteiger charge is -2.20. The smallest absolute Gasteiger partial charge is 0.244 e. The van der Waals surface area contributed by atoms with E-state index < -0.39 is 10.0 Å². The molecule has 2 atom stereocenters. The van der Waals surface area contributed by atoms with Gasteiger partial charge in [0.05, 0.1) is 6.10 Å². The number of aromatic nitrogens is 1. The minimum atomic E-state index is -3.60. The number of anilines is 1. The molecule has 2 unspecified atom stereocenters. The number of pyridine rings is 1. The van der Waals surface area contributed by atoms with Gasteiger partial charge in [0.15, 0.2) is 0 Å². The predicted octanol–water partition coefficient (Wildman–Crippen LogP) is 1.36. The van der Waals surface area contributed by atoms with E-state index in [1.54, 1.807) is 18.3 Å². The van der Waals surface area contributed by atoms with Gasteiger partial charge in [-0.2, -0.15) is 0 Å². The van der Waals surface area contributed by atoms with Crippen molar-refractivity contribution in [2.24, 2.45) is 0 Å². The topological polar surface area (TPSA) is 80.3 Å². The van der Waals surface area contributed by atoms with Crippen LogP contribution in [0.15, 0.2) is 23.2 Å². The molecule has 7 heteroatoms. The Morgan fingerprint density at radius 3 is 3.00 bits per heavy atom. The number of sulfonamides is 1. The van der Waals surface area contributed by atoms with Crippen molar-refractivity contribution in [2.45, 2.75) is 43.7 Å². The van der Waals surface area contributed by atoms with Crippen LogP contribution in [0.4, 0.5) is 5.82 Å². The Kier molecular flexibility index (Phi) is 4.95. The molecule has 1 fully saturated rings. The number of hydrogen-bond donors (Lipinski definition) is 2. The molecule has 112 valence electrons. The lowest BCUT2D eigenvalue weighted by molar-refractivity contribution is 0.0902. The molecule has 1 saturated heterocycles. The Morgan fingerprint density at radius 1 is 1.55 bits per heavy atom. The fraction of sp³-hybridized carbons (Fsp3) is 0.615. The highest BCUT2D eigenvalue weighted by Crippen LogP contribution is 2.21. The Hall–Kier alpha value is -1.18. The second-order valence-electron chi connectivity index (χ2n) is 4.84. The molecule has 0 amide bonds. The second kappa shape index (κ2) is 6.51. The van der Waals surface area contributed by atoms with Crippen LogP contribution >= 0.6 is 0 Å². The molecule has 2 rings (SSSR count). The van der Waals surface area contributed by atoms with Crippen molar-refractivity contribution in [1.29, 1.82) is 0 Å². The molecule has 0 radical (unpaired) electrons.